The number of nitrogens with one attached hydrogen (secondary N) is 1. The molecule has 1 unspecified atom stereocenters. The molecule has 0 saturated carbocycles. The molecular formula is C28H37N4O5Y-. The Bertz CT molecular complexity index is 1310. The maximum absolute atomic E-state index is 13.0. The summed E-state index contributed by atoms with van der Waals surface area (Å²) in [5.41, 5.74) is 4.27. The SMILES string of the molecule is C1CNCC[N-]1.CC.CC.CCc1c2c(nc3ccc(O)cc13)-c1cc3c(c(=O)n1C2)COC(=O)C3O.[Y]. The number of cyclic esters (lactones) is 1. The second kappa shape index (κ2) is 14.8. The van der Waals surface area contributed by atoms with Crippen molar-refractivity contribution in [2.24, 2.45) is 0 Å². The van der Waals surface area contributed by atoms with Crippen LogP contribution in [0.5, 0.6) is 5.75 Å². The van der Waals surface area contributed by atoms with Crippen LogP contribution in [0.3, 0.4) is 0 Å². The van der Waals surface area contributed by atoms with Gasteiger partial charge in [-0.25, -0.2) is 9.78 Å². The number of rotatable bonds is 1. The third-order valence-corrected chi connectivity index (χ3v) is 6.30. The summed E-state index contributed by atoms with van der Waals surface area (Å²) in [5.74, 6) is -0.581. The first kappa shape index (κ1) is 32.0. The summed E-state index contributed by atoms with van der Waals surface area (Å²) in [6.45, 7) is 14.4. The summed E-state index contributed by atoms with van der Waals surface area (Å²) in [4.78, 5) is 29.4. The maximum Gasteiger partial charge on any atom is 0.340 e. The minimum absolute atomic E-state index is 0. The van der Waals surface area contributed by atoms with Gasteiger partial charge in [0, 0.05) is 49.2 Å². The number of aromatic hydroxyl groups is 1. The van der Waals surface area contributed by atoms with E-state index in [9.17, 15) is 19.8 Å². The molecule has 9 nitrogen and oxygen atoms in total. The van der Waals surface area contributed by atoms with E-state index in [1.165, 1.54) is 0 Å². The topological polar surface area (TPSA) is 128 Å². The summed E-state index contributed by atoms with van der Waals surface area (Å²) in [6, 6.07) is 6.69. The van der Waals surface area contributed by atoms with E-state index in [0.717, 1.165) is 54.6 Å². The molecule has 1 aromatic carbocycles. The van der Waals surface area contributed by atoms with Crippen molar-refractivity contribution in [2.45, 2.75) is 60.3 Å². The number of aliphatic hydroxyl groups is 1. The molecule has 203 valence electrons. The normalized spacial score (nSPS) is 16.5. The molecule has 1 saturated heterocycles. The number of nitrogens with zero attached hydrogens (tertiary/aromatic N) is 3. The molecule has 3 aliphatic rings. The third-order valence-electron chi connectivity index (χ3n) is 6.30. The number of pyridine rings is 2. The van der Waals surface area contributed by atoms with Gasteiger partial charge in [0.15, 0.2) is 6.10 Å². The van der Waals surface area contributed by atoms with Gasteiger partial charge in [-0.2, -0.15) is 0 Å². The van der Waals surface area contributed by atoms with Gasteiger partial charge in [0.1, 0.15) is 12.4 Å². The number of aryl methyl sites for hydroxylation is 1. The van der Waals surface area contributed by atoms with Gasteiger partial charge >= 0.3 is 5.97 Å². The zero-order chi connectivity index (χ0) is 27.1. The molecule has 1 atom stereocenters. The fourth-order valence-electron chi connectivity index (χ4n) is 4.65. The number of phenols is 1. The Labute approximate surface area is 248 Å². The van der Waals surface area contributed by atoms with Gasteiger partial charge in [-0.15, -0.1) is 13.1 Å². The zero-order valence-electron chi connectivity index (χ0n) is 22.9. The first-order valence-corrected chi connectivity index (χ1v) is 13.1. The number of ether oxygens (including phenoxy) is 1. The Morgan fingerprint density at radius 2 is 1.79 bits per heavy atom. The van der Waals surface area contributed by atoms with Gasteiger partial charge in [-0.1, -0.05) is 34.6 Å². The van der Waals surface area contributed by atoms with E-state index in [1.54, 1.807) is 28.8 Å². The maximum atomic E-state index is 13.0. The molecular weight excluding hydrogens is 561 g/mol. The summed E-state index contributed by atoms with van der Waals surface area (Å²) in [7, 11) is 0. The molecule has 2 aromatic heterocycles. The van der Waals surface area contributed by atoms with E-state index in [1.807, 2.05) is 34.6 Å². The first-order valence-electron chi connectivity index (χ1n) is 13.1. The van der Waals surface area contributed by atoms with Gasteiger partial charge in [-0.05, 0) is 49.3 Å². The Kier molecular flexibility index (Phi) is 12.5. The number of hydrogen-bond donors (Lipinski definition) is 3. The molecule has 1 radical (unpaired) electrons. The molecule has 10 heteroatoms. The molecule has 6 rings (SSSR count). The summed E-state index contributed by atoms with van der Waals surface area (Å²) >= 11 is 0. The number of benzene rings is 1. The van der Waals surface area contributed by atoms with Crippen LogP contribution in [0.4, 0.5) is 0 Å². The number of aliphatic hydroxyl groups excluding tert-OH is 1. The number of hydrogen-bond acceptors (Lipinski definition) is 7. The molecule has 5 heterocycles. The molecule has 3 aromatic rings. The van der Waals surface area contributed by atoms with Crippen LogP contribution in [0.25, 0.3) is 27.6 Å². The zero-order valence-corrected chi connectivity index (χ0v) is 25.7. The molecule has 0 amide bonds. The van der Waals surface area contributed by atoms with E-state index in [2.05, 4.69) is 10.6 Å². The smallest absolute Gasteiger partial charge is 0.340 e. The van der Waals surface area contributed by atoms with E-state index < -0.39 is 12.1 Å². The van der Waals surface area contributed by atoms with Gasteiger partial charge in [0.2, 0.25) is 0 Å². The summed E-state index contributed by atoms with van der Waals surface area (Å²) in [5, 5.41) is 28.2. The molecule has 3 N–H and O–H groups in total. The minimum atomic E-state index is -1.46. The second-order valence-electron chi connectivity index (χ2n) is 8.26. The van der Waals surface area contributed by atoms with Crippen LogP contribution >= 0.6 is 0 Å². The molecule has 1 fully saturated rings. The Balaban J connectivity index is 0.000000398. The fourth-order valence-corrected chi connectivity index (χ4v) is 4.65. The van der Waals surface area contributed by atoms with Crippen molar-refractivity contribution < 1.29 is 52.5 Å². The van der Waals surface area contributed by atoms with Crippen LogP contribution in [-0.2, 0) is 61.8 Å². The summed E-state index contributed by atoms with van der Waals surface area (Å²) in [6.07, 6.45) is -0.739. The van der Waals surface area contributed by atoms with Crippen molar-refractivity contribution >= 4 is 16.9 Å². The Hall–Kier alpha value is -2.17. The monoisotopic (exact) mass is 598 g/mol. The number of esters is 1. The predicted octanol–water partition coefficient (Wildman–Crippen LogP) is 3.80. The van der Waals surface area contributed by atoms with Crippen LogP contribution < -0.4 is 10.9 Å². The first-order chi connectivity index (χ1) is 18.0. The quantitative estimate of drug-likeness (QED) is 0.285. The molecule has 0 spiro atoms. The number of aromatic nitrogens is 2. The van der Waals surface area contributed by atoms with Gasteiger partial charge < -0.3 is 30.2 Å². The fraction of sp³-hybridized carbons (Fsp3) is 0.464. The van der Waals surface area contributed by atoms with Crippen LogP contribution in [0, 0.1) is 0 Å². The molecule has 38 heavy (non-hydrogen) atoms. The molecule has 0 aliphatic carbocycles. The van der Waals surface area contributed by atoms with Gasteiger partial charge in [0.05, 0.1) is 29.0 Å². The summed E-state index contributed by atoms with van der Waals surface area (Å²) < 4.78 is 6.52. The number of fused-ring (bicyclic) bond motifs is 5. The molecule has 3 aliphatic heterocycles. The van der Waals surface area contributed by atoms with E-state index >= 15 is 0 Å². The predicted molar refractivity (Wildman–Crippen MR) is 145 cm³/mol. The van der Waals surface area contributed by atoms with Crippen molar-refractivity contribution in [2.75, 3.05) is 26.2 Å². The van der Waals surface area contributed by atoms with Crippen LogP contribution in [0.1, 0.15) is 63.0 Å². The van der Waals surface area contributed by atoms with Crippen LogP contribution in [0.2, 0.25) is 0 Å². The van der Waals surface area contributed by atoms with Crippen molar-refractivity contribution in [3.8, 4) is 17.1 Å². The standard InChI is InChI=1S/C20H16N2O5.C4H9N2.2C2H6.Y/c1-2-10-11-5-9(23)3-4-15(11)21-17-13(10)7-22-16(17)6-12-14(19(22)25)8-27-20(26)18(12)24;1-2-6-4-3-5-1;2*1-2;/h3-6,18,23-24H,2,7-8H2,1H3;5H,1-4H2;2*1-2H3;/q;-1;;;. The van der Waals surface area contributed by atoms with Crippen molar-refractivity contribution in [1.82, 2.24) is 14.9 Å². The average Bonchev–Trinajstić information content (AvgIpc) is 3.32. The van der Waals surface area contributed by atoms with E-state index in [-0.39, 0.29) is 50.6 Å². The Morgan fingerprint density at radius 3 is 2.37 bits per heavy atom. The Morgan fingerprint density at radius 1 is 1.11 bits per heavy atom. The van der Waals surface area contributed by atoms with Gasteiger partial charge in [0.25, 0.3) is 5.56 Å². The van der Waals surface area contributed by atoms with E-state index in [0.29, 0.717) is 29.1 Å². The number of phenolic OH excluding ortho intramolecular Hbond substituents is 1. The minimum Gasteiger partial charge on any atom is -0.660 e. The third kappa shape index (κ3) is 6.34. The van der Waals surface area contributed by atoms with E-state index in [4.69, 9.17) is 9.72 Å². The number of carbonyl (C=O) groups excluding carboxylic acids is 1. The van der Waals surface area contributed by atoms with Gasteiger partial charge in [-0.3, -0.25) is 4.79 Å². The van der Waals surface area contributed by atoms with Crippen molar-refractivity contribution in [3.05, 3.63) is 62.2 Å². The molecule has 0 bridgehead atoms. The second-order valence-corrected chi connectivity index (χ2v) is 8.26. The largest absolute Gasteiger partial charge is 0.660 e. The average molecular weight is 599 g/mol. The van der Waals surface area contributed by atoms with Crippen molar-refractivity contribution in [1.29, 1.82) is 0 Å². The van der Waals surface area contributed by atoms with Crippen molar-refractivity contribution in [3.63, 3.8) is 0 Å². The van der Waals surface area contributed by atoms with Crippen LogP contribution in [0.15, 0.2) is 29.1 Å². The number of piperazine rings is 1. The van der Waals surface area contributed by atoms with Crippen LogP contribution in [-0.4, -0.2) is 51.9 Å². The number of carbonyl (C=O) groups is 1.